The molecule has 2 aromatic rings. The van der Waals surface area contributed by atoms with Gasteiger partial charge in [-0.3, -0.25) is 9.69 Å². The van der Waals surface area contributed by atoms with Crippen molar-refractivity contribution < 1.29 is 18.8 Å². The van der Waals surface area contributed by atoms with E-state index in [0.717, 1.165) is 43.1 Å². The molecule has 0 radical (unpaired) electrons. The summed E-state index contributed by atoms with van der Waals surface area (Å²) in [6.07, 6.45) is 0.285. The summed E-state index contributed by atoms with van der Waals surface area (Å²) in [6.45, 7) is 3.19. The molecule has 1 fully saturated rings. The van der Waals surface area contributed by atoms with Crippen LogP contribution in [0.1, 0.15) is 5.76 Å². The zero-order chi connectivity index (χ0) is 19.9. The van der Waals surface area contributed by atoms with Crippen LogP contribution in [0.2, 0.25) is 5.02 Å². The van der Waals surface area contributed by atoms with Gasteiger partial charge in [-0.25, -0.2) is 4.79 Å². The number of nitrogens with one attached hydrogen (secondary N) is 1. The van der Waals surface area contributed by atoms with Crippen LogP contribution >= 0.6 is 11.6 Å². The first-order chi connectivity index (χ1) is 13.5. The smallest absolute Gasteiger partial charge is 0.410 e. The Hall–Kier alpha value is -2.58. The van der Waals surface area contributed by atoms with E-state index in [0.29, 0.717) is 18.1 Å². The van der Waals surface area contributed by atoms with E-state index in [4.69, 9.17) is 20.9 Å². The molecule has 0 unspecified atom stereocenters. The molecule has 9 heteroatoms. The molecule has 150 valence electrons. The predicted octanol–water partition coefficient (Wildman–Crippen LogP) is 2.04. The molecule has 0 spiro atoms. The molecule has 2 heterocycles. The van der Waals surface area contributed by atoms with E-state index in [9.17, 15) is 9.59 Å². The van der Waals surface area contributed by atoms with Crippen LogP contribution in [0.3, 0.4) is 0 Å². The molecule has 8 nitrogen and oxygen atoms in total. The minimum Gasteiger partial charge on any atom is -0.439 e. The number of ether oxygens (including phenoxy) is 1. The highest BCUT2D eigenvalue weighted by Crippen LogP contribution is 2.21. The van der Waals surface area contributed by atoms with Crippen molar-refractivity contribution in [3.8, 4) is 11.3 Å². The number of benzene rings is 1. The Balaban J connectivity index is 1.41. The summed E-state index contributed by atoms with van der Waals surface area (Å²) < 4.78 is 10.4. The highest BCUT2D eigenvalue weighted by Gasteiger charge is 2.22. The standard InChI is InChI=1S/C19H23ClN4O4/c1-21-18(25)13-27-19(26)24-10-8-23(9-11-24)7-6-16-12-17(22-28-16)14-2-4-15(20)5-3-14/h2-5,12H,6-11,13H2,1H3,(H,21,25). The molecule has 0 bridgehead atoms. The Morgan fingerprint density at radius 1 is 1.21 bits per heavy atom. The molecule has 1 aliphatic rings. The molecular weight excluding hydrogens is 384 g/mol. The summed E-state index contributed by atoms with van der Waals surface area (Å²) in [5.41, 5.74) is 1.75. The number of nitrogens with zero attached hydrogens (tertiary/aromatic N) is 3. The number of amides is 2. The second kappa shape index (κ2) is 9.57. The molecule has 3 rings (SSSR count). The number of carbonyl (C=O) groups excluding carboxylic acids is 2. The van der Waals surface area contributed by atoms with Gasteiger partial charge in [-0.2, -0.15) is 0 Å². The monoisotopic (exact) mass is 406 g/mol. The number of likely N-dealkylation sites (N-methyl/N-ethyl adjacent to an activating group) is 1. The summed E-state index contributed by atoms with van der Waals surface area (Å²) in [7, 11) is 1.50. The zero-order valence-corrected chi connectivity index (χ0v) is 16.4. The number of carbonyl (C=O) groups is 2. The van der Waals surface area contributed by atoms with E-state index < -0.39 is 6.09 Å². The quantitative estimate of drug-likeness (QED) is 0.789. The van der Waals surface area contributed by atoms with Crippen molar-refractivity contribution in [1.82, 2.24) is 20.3 Å². The van der Waals surface area contributed by atoms with E-state index in [-0.39, 0.29) is 12.5 Å². The number of hydrogen-bond donors (Lipinski definition) is 1. The van der Waals surface area contributed by atoms with Crippen LogP contribution in [0.4, 0.5) is 4.79 Å². The van der Waals surface area contributed by atoms with Crippen LogP contribution in [0.15, 0.2) is 34.9 Å². The number of piperazine rings is 1. The third kappa shape index (κ3) is 5.46. The molecule has 1 aromatic heterocycles. The Morgan fingerprint density at radius 3 is 2.61 bits per heavy atom. The minimum atomic E-state index is -0.453. The Labute approximate surface area is 168 Å². The third-order valence-corrected chi connectivity index (χ3v) is 4.86. The van der Waals surface area contributed by atoms with Crippen molar-refractivity contribution in [3.63, 3.8) is 0 Å². The molecule has 28 heavy (non-hydrogen) atoms. The van der Waals surface area contributed by atoms with Gasteiger partial charge in [-0.1, -0.05) is 28.9 Å². The fraction of sp³-hybridized carbons (Fsp3) is 0.421. The number of halogens is 1. The van der Waals surface area contributed by atoms with Gasteiger partial charge in [0.2, 0.25) is 0 Å². The number of hydrogen-bond acceptors (Lipinski definition) is 6. The van der Waals surface area contributed by atoms with Gasteiger partial charge in [0, 0.05) is 62.8 Å². The fourth-order valence-electron chi connectivity index (χ4n) is 2.90. The van der Waals surface area contributed by atoms with Crippen LogP contribution in [0, 0.1) is 0 Å². The van der Waals surface area contributed by atoms with E-state index in [1.807, 2.05) is 30.3 Å². The maximum atomic E-state index is 11.9. The lowest BCUT2D eigenvalue weighted by molar-refractivity contribution is -0.123. The summed E-state index contributed by atoms with van der Waals surface area (Å²) in [5.74, 6) is 0.495. The summed E-state index contributed by atoms with van der Waals surface area (Å²) in [6, 6.07) is 9.41. The average Bonchev–Trinajstić information content (AvgIpc) is 3.20. The Morgan fingerprint density at radius 2 is 1.93 bits per heavy atom. The van der Waals surface area contributed by atoms with Crippen molar-refractivity contribution >= 4 is 23.6 Å². The van der Waals surface area contributed by atoms with Gasteiger partial charge in [0.1, 0.15) is 11.5 Å². The number of rotatable bonds is 6. The van der Waals surface area contributed by atoms with Crippen molar-refractivity contribution in [2.45, 2.75) is 6.42 Å². The molecule has 1 saturated heterocycles. The highest BCUT2D eigenvalue weighted by atomic mass is 35.5. The molecule has 1 N–H and O–H groups in total. The van der Waals surface area contributed by atoms with Gasteiger partial charge in [0.15, 0.2) is 6.61 Å². The Kier molecular flexibility index (Phi) is 6.89. The molecule has 1 aliphatic heterocycles. The van der Waals surface area contributed by atoms with Gasteiger partial charge in [0.05, 0.1) is 0 Å². The molecule has 0 aliphatic carbocycles. The van der Waals surface area contributed by atoms with Crippen LogP contribution in [0.5, 0.6) is 0 Å². The minimum absolute atomic E-state index is 0.253. The lowest BCUT2D eigenvalue weighted by atomic mass is 10.1. The van der Waals surface area contributed by atoms with Gasteiger partial charge >= 0.3 is 6.09 Å². The highest BCUT2D eigenvalue weighted by molar-refractivity contribution is 6.30. The summed E-state index contributed by atoms with van der Waals surface area (Å²) in [4.78, 5) is 27.0. The van der Waals surface area contributed by atoms with Crippen molar-refractivity contribution in [1.29, 1.82) is 0 Å². The normalized spacial score (nSPS) is 14.7. The average molecular weight is 407 g/mol. The summed E-state index contributed by atoms with van der Waals surface area (Å²) >= 11 is 5.91. The van der Waals surface area contributed by atoms with Crippen LogP contribution in [-0.4, -0.2) is 73.3 Å². The molecule has 2 amide bonds. The largest absolute Gasteiger partial charge is 0.439 e. The lowest BCUT2D eigenvalue weighted by Crippen LogP contribution is -2.49. The van der Waals surface area contributed by atoms with E-state index in [1.165, 1.54) is 7.05 Å². The van der Waals surface area contributed by atoms with Gasteiger partial charge in [-0.15, -0.1) is 0 Å². The second-order valence-corrected chi connectivity index (χ2v) is 6.93. The Bertz CT molecular complexity index is 801. The zero-order valence-electron chi connectivity index (χ0n) is 15.7. The number of aromatic nitrogens is 1. The summed E-state index contributed by atoms with van der Waals surface area (Å²) in [5, 5.41) is 7.22. The van der Waals surface area contributed by atoms with Gasteiger partial charge in [0.25, 0.3) is 5.91 Å². The topological polar surface area (TPSA) is 87.9 Å². The SMILES string of the molecule is CNC(=O)COC(=O)N1CCN(CCc2cc(-c3ccc(Cl)cc3)no2)CC1. The van der Waals surface area contributed by atoms with Crippen molar-refractivity contribution in [3.05, 3.63) is 41.1 Å². The fourth-order valence-corrected chi connectivity index (χ4v) is 3.03. The third-order valence-electron chi connectivity index (χ3n) is 4.61. The van der Waals surface area contributed by atoms with E-state index in [1.54, 1.807) is 4.90 Å². The lowest BCUT2D eigenvalue weighted by Gasteiger charge is -2.33. The molecule has 0 atom stereocenters. The molecule has 1 aromatic carbocycles. The maximum Gasteiger partial charge on any atom is 0.410 e. The molecular formula is C19H23ClN4O4. The first kappa shape index (κ1) is 20.2. The maximum absolute atomic E-state index is 11.9. The second-order valence-electron chi connectivity index (χ2n) is 6.49. The van der Waals surface area contributed by atoms with Crippen molar-refractivity contribution in [2.75, 3.05) is 46.4 Å². The van der Waals surface area contributed by atoms with Crippen LogP contribution in [-0.2, 0) is 16.0 Å². The molecule has 0 saturated carbocycles. The van der Waals surface area contributed by atoms with Gasteiger partial charge in [-0.05, 0) is 12.1 Å². The van der Waals surface area contributed by atoms with Crippen LogP contribution in [0.25, 0.3) is 11.3 Å². The van der Waals surface area contributed by atoms with Gasteiger partial charge < -0.3 is 19.5 Å². The van der Waals surface area contributed by atoms with Crippen molar-refractivity contribution in [2.24, 2.45) is 0 Å². The first-order valence-electron chi connectivity index (χ1n) is 9.11. The van der Waals surface area contributed by atoms with Crippen LogP contribution < -0.4 is 5.32 Å². The van der Waals surface area contributed by atoms with E-state index in [2.05, 4.69) is 15.4 Å². The first-order valence-corrected chi connectivity index (χ1v) is 9.49. The predicted molar refractivity (Wildman–Crippen MR) is 104 cm³/mol. The van der Waals surface area contributed by atoms with E-state index >= 15 is 0 Å².